The summed E-state index contributed by atoms with van der Waals surface area (Å²) < 4.78 is 119. The van der Waals surface area contributed by atoms with Crippen molar-refractivity contribution in [1.82, 2.24) is 0 Å². The minimum Gasteiger partial charge on any atom is -0.462 e. The summed E-state index contributed by atoms with van der Waals surface area (Å²) in [4.78, 5) is 22.6. The molecule has 13 heteroatoms. The van der Waals surface area contributed by atoms with Crippen molar-refractivity contribution in [1.29, 1.82) is 0 Å². The molecule has 0 spiro atoms. The molecule has 1 saturated heterocycles. The van der Waals surface area contributed by atoms with Crippen LogP contribution in [0.2, 0.25) is 0 Å². The first-order chi connectivity index (χ1) is 12.3. The SMILES string of the molecule is C=C(C(=O)OCC1COC(C)(C(F)(F)F)C(F)(F)C1(C)OC(C)=O)C(F)(F)F. The third-order valence-corrected chi connectivity index (χ3v) is 4.48. The second kappa shape index (κ2) is 7.16. The molecule has 1 aliphatic rings. The van der Waals surface area contributed by atoms with E-state index >= 15 is 0 Å². The summed E-state index contributed by atoms with van der Waals surface area (Å²) in [7, 11) is 0. The molecule has 3 atom stereocenters. The van der Waals surface area contributed by atoms with Crippen molar-refractivity contribution in [3.8, 4) is 0 Å². The summed E-state index contributed by atoms with van der Waals surface area (Å²) in [6.45, 7) is 1.19. The maximum Gasteiger partial charge on any atom is 0.423 e. The molecule has 0 aromatic carbocycles. The molecular formula is C15H16F8O5. The number of hydrogen-bond acceptors (Lipinski definition) is 5. The zero-order valence-electron chi connectivity index (χ0n) is 14.8. The summed E-state index contributed by atoms with van der Waals surface area (Å²) in [6.07, 6.45) is -10.8. The maximum atomic E-state index is 14.8. The lowest BCUT2D eigenvalue weighted by Crippen LogP contribution is -2.74. The van der Waals surface area contributed by atoms with Crippen molar-refractivity contribution < 1.29 is 58.9 Å². The van der Waals surface area contributed by atoms with Gasteiger partial charge in [0.15, 0.2) is 5.60 Å². The molecule has 0 radical (unpaired) electrons. The van der Waals surface area contributed by atoms with Crippen molar-refractivity contribution in [3.05, 3.63) is 12.2 Å². The van der Waals surface area contributed by atoms with Crippen LogP contribution < -0.4 is 0 Å². The Labute approximate surface area is 153 Å². The molecule has 28 heavy (non-hydrogen) atoms. The maximum absolute atomic E-state index is 14.8. The predicted molar refractivity (Wildman–Crippen MR) is 75.2 cm³/mol. The van der Waals surface area contributed by atoms with Crippen molar-refractivity contribution in [2.75, 3.05) is 13.2 Å². The second-order valence-electron chi connectivity index (χ2n) is 6.39. The topological polar surface area (TPSA) is 61.8 Å². The summed E-state index contributed by atoms with van der Waals surface area (Å²) in [5.41, 5.74) is -9.23. The lowest BCUT2D eigenvalue weighted by Gasteiger charge is -2.53. The van der Waals surface area contributed by atoms with Crippen LogP contribution in [0.3, 0.4) is 0 Å². The van der Waals surface area contributed by atoms with Crippen LogP contribution in [0.25, 0.3) is 0 Å². The minimum atomic E-state index is -5.59. The standard InChI is InChI=1S/C15H16F8O5/c1-7(13(16,17)18)10(25)26-5-9-6-27-12(4,15(21,22)23)14(19,20)11(9,3)28-8(2)24/h9H,1,5-6H2,2-4H3. The van der Waals surface area contributed by atoms with Gasteiger partial charge in [0.25, 0.3) is 0 Å². The molecule has 0 amide bonds. The quantitative estimate of drug-likeness (QED) is 0.389. The highest BCUT2D eigenvalue weighted by Gasteiger charge is 2.79. The zero-order chi connectivity index (χ0) is 22.3. The highest BCUT2D eigenvalue weighted by Crippen LogP contribution is 2.56. The third-order valence-electron chi connectivity index (χ3n) is 4.48. The number of esters is 2. The van der Waals surface area contributed by atoms with E-state index in [1.54, 1.807) is 0 Å². The average Bonchev–Trinajstić information content (AvgIpc) is 2.49. The van der Waals surface area contributed by atoms with E-state index in [2.05, 4.69) is 20.8 Å². The van der Waals surface area contributed by atoms with Gasteiger partial charge in [-0.1, -0.05) is 6.58 Å². The first kappa shape index (κ1) is 24.1. The van der Waals surface area contributed by atoms with Gasteiger partial charge in [-0.05, 0) is 13.8 Å². The number of ether oxygens (including phenoxy) is 3. The van der Waals surface area contributed by atoms with E-state index in [4.69, 9.17) is 0 Å². The van der Waals surface area contributed by atoms with E-state index in [1.807, 2.05) is 0 Å². The molecule has 3 unspecified atom stereocenters. The summed E-state index contributed by atoms with van der Waals surface area (Å²) >= 11 is 0. The van der Waals surface area contributed by atoms with Crippen LogP contribution in [0.5, 0.6) is 0 Å². The Morgan fingerprint density at radius 1 is 1.14 bits per heavy atom. The van der Waals surface area contributed by atoms with Gasteiger partial charge in [0, 0.05) is 6.92 Å². The van der Waals surface area contributed by atoms with Gasteiger partial charge in [-0.25, -0.2) is 4.79 Å². The third kappa shape index (κ3) is 3.94. The van der Waals surface area contributed by atoms with Crippen LogP contribution in [0.15, 0.2) is 12.2 Å². The Morgan fingerprint density at radius 3 is 2.04 bits per heavy atom. The Morgan fingerprint density at radius 2 is 1.64 bits per heavy atom. The van der Waals surface area contributed by atoms with Gasteiger partial charge in [-0.15, -0.1) is 0 Å². The average molecular weight is 428 g/mol. The zero-order valence-corrected chi connectivity index (χ0v) is 14.8. The molecule has 0 aromatic rings. The van der Waals surface area contributed by atoms with Crippen LogP contribution >= 0.6 is 0 Å². The van der Waals surface area contributed by atoms with E-state index in [0.29, 0.717) is 13.8 Å². The summed E-state index contributed by atoms with van der Waals surface area (Å²) in [6, 6.07) is 0. The van der Waals surface area contributed by atoms with Crippen molar-refractivity contribution in [3.63, 3.8) is 0 Å². The lowest BCUT2D eigenvalue weighted by atomic mass is 9.73. The van der Waals surface area contributed by atoms with Crippen LogP contribution in [0.1, 0.15) is 20.8 Å². The lowest BCUT2D eigenvalue weighted by molar-refractivity contribution is -0.406. The van der Waals surface area contributed by atoms with E-state index < -0.39 is 66.1 Å². The minimum absolute atomic E-state index is 0.0441. The van der Waals surface area contributed by atoms with Gasteiger partial charge >= 0.3 is 30.2 Å². The molecule has 0 aliphatic carbocycles. The van der Waals surface area contributed by atoms with Gasteiger partial charge < -0.3 is 14.2 Å². The highest BCUT2D eigenvalue weighted by atomic mass is 19.4. The molecule has 1 heterocycles. The Hall–Kier alpha value is -1.92. The van der Waals surface area contributed by atoms with E-state index in [1.165, 1.54) is 0 Å². The molecular weight excluding hydrogens is 412 g/mol. The molecule has 0 N–H and O–H groups in total. The van der Waals surface area contributed by atoms with E-state index in [-0.39, 0.29) is 6.92 Å². The Balaban J connectivity index is 3.22. The van der Waals surface area contributed by atoms with Gasteiger partial charge in [0.05, 0.1) is 12.5 Å². The van der Waals surface area contributed by atoms with Crippen LogP contribution in [0.4, 0.5) is 35.1 Å². The fraction of sp³-hybridized carbons (Fsp3) is 0.733. The molecule has 5 nitrogen and oxygen atoms in total. The second-order valence-corrected chi connectivity index (χ2v) is 6.39. The van der Waals surface area contributed by atoms with E-state index in [0.717, 1.165) is 0 Å². The van der Waals surface area contributed by atoms with Gasteiger partial charge in [-0.3, -0.25) is 4.79 Å². The molecule has 0 bridgehead atoms. The largest absolute Gasteiger partial charge is 0.462 e. The number of alkyl halides is 8. The van der Waals surface area contributed by atoms with Crippen LogP contribution in [0, 0.1) is 5.92 Å². The van der Waals surface area contributed by atoms with Gasteiger partial charge in [-0.2, -0.15) is 35.1 Å². The van der Waals surface area contributed by atoms with Crippen LogP contribution in [-0.2, 0) is 23.8 Å². The summed E-state index contributed by atoms with van der Waals surface area (Å²) in [5, 5.41) is 0. The molecule has 0 aromatic heterocycles. The fourth-order valence-corrected chi connectivity index (χ4v) is 2.54. The number of rotatable bonds is 4. The van der Waals surface area contributed by atoms with Gasteiger partial charge in [0.2, 0.25) is 5.60 Å². The molecule has 0 saturated carbocycles. The van der Waals surface area contributed by atoms with Crippen molar-refractivity contribution >= 4 is 11.9 Å². The summed E-state index contributed by atoms with van der Waals surface area (Å²) in [5.74, 6) is -10.2. The smallest absolute Gasteiger partial charge is 0.423 e. The first-order valence-electron chi connectivity index (χ1n) is 7.52. The normalized spacial score (nSPS) is 30.5. The van der Waals surface area contributed by atoms with E-state index in [9.17, 15) is 44.7 Å². The number of hydrogen-bond donors (Lipinski definition) is 0. The Kier molecular flexibility index (Phi) is 6.16. The fourth-order valence-electron chi connectivity index (χ4n) is 2.54. The van der Waals surface area contributed by atoms with Crippen LogP contribution in [-0.4, -0.2) is 54.6 Å². The number of halogens is 8. The molecule has 1 fully saturated rings. The van der Waals surface area contributed by atoms with Crippen molar-refractivity contribution in [2.45, 2.75) is 50.2 Å². The number of carbonyl (C=O) groups excluding carboxylic acids is 2. The molecule has 1 rings (SSSR count). The molecule has 162 valence electrons. The van der Waals surface area contributed by atoms with Gasteiger partial charge in [0.1, 0.15) is 12.2 Å². The monoisotopic (exact) mass is 428 g/mol. The Bertz CT molecular complexity index is 656. The first-order valence-corrected chi connectivity index (χ1v) is 7.52. The predicted octanol–water partition coefficient (Wildman–Crippen LogP) is 3.57. The van der Waals surface area contributed by atoms with Crippen molar-refractivity contribution in [2.24, 2.45) is 5.92 Å². The number of carbonyl (C=O) groups is 2. The highest BCUT2D eigenvalue weighted by molar-refractivity contribution is 5.89. The molecule has 1 aliphatic heterocycles.